The van der Waals surface area contributed by atoms with E-state index in [0.29, 0.717) is 18.1 Å². The zero-order valence-corrected chi connectivity index (χ0v) is 17.3. The molecule has 0 fully saturated rings. The van der Waals surface area contributed by atoms with Crippen molar-refractivity contribution in [2.24, 2.45) is 5.92 Å². The van der Waals surface area contributed by atoms with E-state index < -0.39 is 0 Å². The van der Waals surface area contributed by atoms with Crippen molar-refractivity contribution in [3.8, 4) is 5.75 Å². The Labute approximate surface area is 167 Å². The number of rotatable bonds is 12. The summed E-state index contributed by atoms with van der Waals surface area (Å²) in [5.41, 5.74) is 0.686. The van der Waals surface area contributed by atoms with Crippen LogP contribution in [0.3, 0.4) is 0 Å². The highest BCUT2D eigenvalue weighted by atomic mass is 32.2. The van der Waals surface area contributed by atoms with E-state index in [-0.39, 0.29) is 5.91 Å². The molecule has 0 aliphatic carbocycles. The Bertz CT molecular complexity index is 658. The Morgan fingerprint density at radius 2 is 1.81 bits per heavy atom. The molecule has 146 valence electrons. The van der Waals surface area contributed by atoms with Crippen LogP contribution in [0.1, 0.15) is 49.9 Å². The molecule has 0 bridgehead atoms. The maximum absolute atomic E-state index is 12.3. The largest absolute Gasteiger partial charge is 0.493 e. The number of thioether (sulfide) groups is 1. The molecule has 0 aromatic heterocycles. The van der Waals surface area contributed by atoms with Crippen LogP contribution in [-0.4, -0.2) is 24.8 Å². The number of nitrogens with one attached hydrogen (secondary N) is 1. The fourth-order valence-corrected chi connectivity index (χ4v) is 3.57. The molecule has 2 aromatic carbocycles. The quantitative estimate of drug-likeness (QED) is 0.370. The molecule has 2 aromatic rings. The number of carbonyl (C=O) groups excluding carboxylic acids is 1. The van der Waals surface area contributed by atoms with Gasteiger partial charge in [0.15, 0.2) is 0 Å². The molecule has 0 spiro atoms. The van der Waals surface area contributed by atoms with Gasteiger partial charge in [-0.3, -0.25) is 4.79 Å². The van der Waals surface area contributed by atoms with Crippen molar-refractivity contribution >= 4 is 17.7 Å². The van der Waals surface area contributed by atoms with Crippen molar-refractivity contribution in [2.45, 2.75) is 44.4 Å². The van der Waals surface area contributed by atoms with Crippen LogP contribution in [0, 0.1) is 5.92 Å². The van der Waals surface area contributed by atoms with Crippen LogP contribution in [0.5, 0.6) is 5.75 Å². The summed E-state index contributed by atoms with van der Waals surface area (Å²) in [5.74, 6) is 2.26. The Morgan fingerprint density at radius 1 is 1.07 bits per heavy atom. The van der Waals surface area contributed by atoms with Gasteiger partial charge in [-0.1, -0.05) is 51.3 Å². The van der Waals surface area contributed by atoms with Crippen LogP contribution in [0.25, 0.3) is 0 Å². The van der Waals surface area contributed by atoms with Crippen molar-refractivity contribution in [1.82, 2.24) is 5.32 Å². The summed E-state index contributed by atoms with van der Waals surface area (Å²) >= 11 is 1.78. The third-order valence-corrected chi connectivity index (χ3v) is 5.55. The van der Waals surface area contributed by atoms with Gasteiger partial charge in [0.25, 0.3) is 5.91 Å². The number of amides is 1. The molecule has 0 saturated carbocycles. The smallest absolute Gasteiger partial charge is 0.251 e. The first-order valence-electron chi connectivity index (χ1n) is 9.91. The maximum atomic E-state index is 12.3. The molecule has 0 radical (unpaired) electrons. The highest BCUT2D eigenvalue weighted by Crippen LogP contribution is 2.18. The Kier molecular flexibility index (Phi) is 9.85. The van der Waals surface area contributed by atoms with Gasteiger partial charge in [0, 0.05) is 22.8 Å². The molecule has 0 unspecified atom stereocenters. The van der Waals surface area contributed by atoms with E-state index in [9.17, 15) is 4.79 Å². The van der Waals surface area contributed by atoms with Gasteiger partial charge in [-0.15, -0.1) is 11.8 Å². The Balaban J connectivity index is 1.71. The first kappa shape index (κ1) is 21.4. The summed E-state index contributed by atoms with van der Waals surface area (Å²) in [7, 11) is 0. The van der Waals surface area contributed by atoms with Gasteiger partial charge in [-0.05, 0) is 48.7 Å². The average Bonchev–Trinajstić information content (AvgIpc) is 2.72. The lowest BCUT2D eigenvalue weighted by Gasteiger charge is -2.15. The van der Waals surface area contributed by atoms with Gasteiger partial charge < -0.3 is 10.1 Å². The number of ether oxygens (including phenoxy) is 1. The molecular formula is C23H31NO2S. The van der Waals surface area contributed by atoms with E-state index in [0.717, 1.165) is 24.5 Å². The SMILES string of the molecule is CCCC[C@@H](CC)CNC(=O)c1ccc(OCCSc2ccccc2)cc1. The van der Waals surface area contributed by atoms with Crippen molar-refractivity contribution < 1.29 is 9.53 Å². The fraction of sp³-hybridized carbons (Fsp3) is 0.435. The lowest BCUT2D eigenvalue weighted by atomic mass is 9.99. The topological polar surface area (TPSA) is 38.3 Å². The van der Waals surface area contributed by atoms with Gasteiger partial charge in [-0.2, -0.15) is 0 Å². The number of unbranched alkanes of at least 4 members (excludes halogenated alkanes) is 1. The van der Waals surface area contributed by atoms with Gasteiger partial charge in [0.05, 0.1) is 6.61 Å². The molecule has 1 atom stereocenters. The predicted octanol–water partition coefficient (Wildman–Crippen LogP) is 5.80. The van der Waals surface area contributed by atoms with Gasteiger partial charge >= 0.3 is 0 Å². The molecule has 2 rings (SSSR count). The van der Waals surface area contributed by atoms with E-state index in [2.05, 4.69) is 31.3 Å². The summed E-state index contributed by atoms with van der Waals surface area (Å²) < 4.78 is 5.77. The van der Waals surface area contributed by atoms with Crippen molar-refractivity contribution in [1.29, 1.82) is 0 Å². The second-order valence-electron chi connectivity index (χ2n) is 6.66. The zero-order chi connectivity index (χ0) is 19.3. The minimum atomic E-state index is -0.00358. The number of hydrogen-bond acceptors (Lipinski definition) is 3. The molecular weight excluding hydrogens is 354 g/mol. The van der Waals surface area contributed by atoms with Crippen molar-refractivity contribution in [3.63, 3.8) is 0 Å². The normalized spacial score (nSPS) is 11.8. The van der Waals surface area contributed by atoms with Crippen LogP contribution in [-0.2, 0) is 0 Å². The van der Waals surface area contributed by atoms with Crippen LogP contribution in [0.2, 0.25) is 0 Å². The zero-order valence-electron chi connectivity index (χ0n) is 16.4. The standard InChI is InChI=1S/C23H31NO2S/c1-3-5-9-19(4-2)18-24-23(25)20-12-14-21(15-13-20)26-16-17-27-22-10-7-6-8-11-22/h6-8,10-15,19H,3-5,9,16-18H2,1-2H3,(H,24,25)/t19-/m1/s1. The highest BCUT2D eigenvalue weighted by molar-refractivity contribution is 7.99. The van der Waals surface area contributed by atoms with Crippen LogP contribution >= 0.6 is 11.8 Å². The van der Waals surface area contributed by atoms with Gasteiger partial charge in [0.1, 0.15) is 5.75 Å². The molecule has 4 heteroatoms. The summed E-state index contributed by atoms with van der Waals surface area (Å²) in [4.78, 5) is 13.6. The molecule has 0 aliphatic rings. The van der Waals surface area contributed by atoms with E-state index in [1.165, 1.54) is 24.2 Å². The molecule has 3 nitrogen and oxygen atoms in total. The summed E-state index contributed by atoms with van der Waals surface area (Å²) in [6.07, 6.45) is 4.72. The third-order valence-electron chi connectivity index (χ3n) is 4.58. The number of hydrogen-bond donors (Lipinski definition) is 1. The van der Waals surface area contributed by atoms with Crippen molar-refractivity contribution in [3.05, 3.63) is 60.2 Å². The molecule has 0 heterocycles. The minimum Gasteiger partial charge on any atom is -0.493 e. The molecule has 1 amide bonds. The Hall–Kier alpha value is -1.94. The lowest BCUT2D eigenvalue weighted by Crippen LogP contribution is -2.29. The Morgan fingerprint density at radius 3 is 2.48 bits per heavy atom. The first-order valence-corrected chi connectivity index (χ1v) is 10.9. The molecule has 1 N–H and O–H groups in total. The van der Waals surface area contributed by atoms with Gasteiger partial charge in [0.2, 0.25) is 0 Å². The first-order chi connectivity index (χ1) is 13.2. The summed E-state index contributed by atoms with van der Waals surface area (Å²) in [6, 6.07) is 17.7. The summed E-state index contributed by atoms with van der Waals surface area (Å²) in [6.45, 7) is 5.79. The number of carbonyl (C=O) groups is 1. The second-order valence-corrected chi connectivity index (χ2v) is 7.83. The van der Waals surface area contributed by atoms with Gasteiger partial charge in [-0.25, -0.2) is 0 Å². The average molecular weight is 386 g/mol. The van der Waals surface area contributed by atoms with Crippen molar-refractivity contribution in [2.75, 3.05) is 18.9 Å². The van der Waals surface area contributed by atoms with E-state index in [1.54, 1.807) is 11.8 Å². The predicted molar refractivity (Wildman–Crippen MR) is 115 cm³/mol. The monoisotopic (exact) mass is 385 g/mol. The molecule has 27 heavy (non-hydrogen) atoms. The van der Waals surface area contributed by atoms with E-state index in [4.69, 9.17) is 4.74 Å². The highest BCUT2D eigenvalue weighted by Gasteiger charge is 2.10. The summed E-state index contributed by atoms with van der Waals surface area (Å²) in [5, 5.41) is 3.07. The minimum absolute atomic E-state index is 0.00358. The third kappa shape index (κ3) is 8.08. The van der Waals surface area contributed by atoms with Crippen LogP contribution < -0.4 is 10.1 Å². The second kappa shape index (κ2) is 12.4. The maximum Gasteiger partial charge on any atom is 0.251 e. The molecule has 0 saturated heterocycles. The van der Waals surface area contributed by atoms with Crippen LogP contribution in [0.15, 0.2) is 59.5 Å². The molecule has 0 aliphatic heterocycles. The number of benzene rings is 2. The van der Waals surface area contributed by atoms with E-state index in [1.807, 2.05) is 42.5 Å². The van der Waals surface area contributed by atoms with E-state index >= 15 is 0 Å². The lowest BCUT2D eigenvalue weighted by molar-refractivity contribution is 0.0946. The van der Waals surface area contributed by atoms with Crippen LogP contribution in [0.4, 0.5) is 0 Å². The fourth-order valence-electron chi connectivity index (χ4n) is 2.82.